The summed E-state index contributed by atoms with van der Waals surface area (Å²) >= 11 is 0. The Morgan fingerprint density at radius 1 is 1.00 bits per heavy atom. The first-order valence-electron chi connectivity index (χ1n) is 10.9. The Labute approximate surface area is 174 Å². The highest BCUT2D eigenvalue weighted by atomic mass is 16.5. The third-order valence-corrected chi connectivity index (χ3v) is 6.54. The van der Waals surface area contributed by atoms with Crippen molar-refractivity contribution in [3.63, 3.8) is 0 Å². The van der Waals surface area contributed by atoms with Crippen molar-refractivity contribution in [2.75, 3.05) is 33.3 Å². The van der Waals surface area contributed by atoms with Gasteiger partial charge in [-0.2, -0.15) is 0 Å². The van der Waals surface area contributed by atoms with Crippen LogP contribution in [0.3, 0.4) is 0 Å². The van der Waals surface area contributed by atoms with E-state index in [-0.39, 0.29) is 5.91 Å². The van der Waals surface area contributed by atoms with Gasteiger partial charge in [0, 0.05) is 25.7 Å². The second-order valence-corrected chi connectivity index (χ2v) is 8.42. The molecule has 1 amide bonds. The van der Waals surface area contributed by atoms with E-state index in [4.69, 9.17) is 4.74 Å². The number of carbonyl (C=O) groups excluding carboxylic acids is 1. The lowest BCUT2D eigenvalue weighted by Crippen LogP contribution is -2.42. The van der Waals surface area contributed by atoms with Crippen LogP contribution in [-0.2, 0) is 17.6 Å². The van der Waals surface area contributed by atoms with Crippen LogP contribution in [0, 0.1) is 5.92 Å². The molecule has 0 unspecified atom stereocenters. The van der Waals surface area contributed by atoms with E-state index in [2.05, 4.69) is 21.9 Å². The lowest BCUT2D eigenvalue weighted by atomic mass is 9.98. The van der Waals surface area contributed by atoms with Crippen molar-refractivity contribution in [2.45, 2.75) is 38.1 Å². The van der Waals surface area contributed by atoms with Crippen LogP contribution in [0.2, 0.25) is 0 Å². The maximum Gasteiger partial charge on any atom is 0.227 e. The molecule has 0 bridgehead atoms. The molecule has 0 spiro atoms. The average Bonchev–Trinajstić information content (AvgIpc) is 3.09. The van der Waals surface area contributed by atoms with Crippen LogP contribution in [0.25, 0.3) is 0 Å². The molecule has 2 aliphatic heterocycles. The number of likely N-dealkylation sites (tertiary alicyclic amines) is 2. The zero-order valence-electron chi connectivity index (χ0n) is 17.4. The number of hydrogen-bond acceptors (Lipinski definition) is 3. The Kier molecular flexibility index (Phi) is 6.50. The van der Waals surface area contributed by atoms with E-state index in [0.29, 0.717) is 18.4 Å². The number of benzene rings is 2. The normalized spacial score (nSPS) is 22.2. The van der Waals surface area contributed by atoms with Crippen LogP contribution in [0.4, 0.5) is 0 Å². The fraction of sp³-hybridized carbons (Fsp3) is 0.480. The smallest absolute Gasteiger partial charge is 0.227 e. The van der Waals surface area contributed by atoms with Crippen LogP contribution in [0.5, 0.6) is 5.75 Å². The number of carbonyl (C=O) groups is 1. The zero-order chi connectivity index (χ0) is 20.1. The minimum absolute atomic E-state index is 0.277. The SMILES string of the molecule is COc1ccc(CCN2CCCC[C@H]3CN(C(=O)Cc4ccccc4)C[C@H]32)cc1. The fourth-order valence-electron chi connectivity index (χ4n) is 4.87. The lowest BCUT2D eigenvalue weighted by molar-refractivity contribution is -0.129. The van der Waals surface area contributed by atoms with Gasteiger partial charge in [-0.25, -0.2) is 0 Å². The van der Waals surface area contributed by atoms with Crippen molar-refractivity contribution >= 4 is 5.91 Å². The van der Waals surface area contributed by atoms with Crippen LogP contribution in [-0.4, -0.2) is 55.0 Å². The maximum atomic E-state index is 12.9. The van der Waals surface area contributed by atoms with Crippen LogP contribution in [0.1, 0.15) is 30.4 Å². The molecule has 0 N–H and O–H groups in total. The van der Waals surface area contributed by atoms with Gasteiger partial charge in [-0.1, -0.05) is 48.9 Å². The van der Waals surface area contributed by atoms with Crippen molar-refractivity contribution in [2.24, 2.45) is 5.92 Å². The molecule has 4 rings (SSSR count). The molecule has 2 fully saturated rings. The van der Waals surface area contributed by atoms with Gasteiger partial charge in [-0.05, 0) is 55.0 Å². The molecule has 4 heteroatoms. The predicted molar refractivity (Wildman–Crippen MR) is 116 cm³/mol. The molecule has 0 saturated carbocycles. The number of ether oxygens (including phenoxy) is 1. The molecule has 0 aliphatic carbocycles. The third kappa shape index (κ3) is 4.99. The van der Waals surface area contributed by atoms with Crippen molar-refractivity contribution in [3.05, 3.63) is 65.7 Å². The Bertz CT molecular complexity index is 790. The standard InChI is InChI=1S/C25H32N2O2/c1-29-23-12-10-20(11-13-23)14-16-26-15-6-5-9-22-18-27(19-24(22)26)25(28)17-21-7-3-2-4-8-21/h2-4,7-8,10-13,22,24H,5-6,9,14-19H2,1H3/t22-,24+/m0/s1. The number of nitrogens with zero attached hydrogens (tertiary/aromatic N) is 2. The van der Waals surface area contributed by atoms with Gasteiger partial charge >= 0.3 is 0 Å². The molecule has 4 nitrogen and oxygen atoms in total. The molecular formula is C25H32N2O2. The molecule has 2 aromatic rings. The number of fused-ring (bicyclic) bond motifs is 1. The number of hydrogen-bond donors (Lipinski definition) is 0. The van der Waals surface area contributed by atoms with Crippen molar-refractivity contribution in [3.8, 4) is 5.75 Å². The summed E-state index contributed by atoms with van der Waals surface area (Å²) in [6.07, 6.45) is 5.37. The highest BCUT2D eigenvalue weighted by Gasteiger charge is 2.39. The van der Waals surface area contributed by atoms with Gasteiger partial charge < -0.3 is 9.64 Å². The summed E-state index contributed by atoms with van der Waals surface area (Å²) in [4.78, 5) is 17.7. The summed E-state index contributed by atoms with van der Waals surface area (Å²) in [6, 6.07) is 19.0. The monoisotopic (exact) mass is 392 g/mol. The second-order valence-electron chi connectivity index (χ2n) is 8.42. The lowest BCUT2D eigenvalue weighted by Gasteiger charge is -2.30. The molecule has 2 aromatic carbocycles. The van der Waals surface area contributed by atoms with E-state index >= 15 is 0 Å². The Hall–Kier alpha value is -2.33. The van der Waals surface area contributed by atoms with Gasteiger partial charge in [-0.3, -0.25) is 9.69 Å². The van der Waals surface area contributed by atoms with Crippen molar-refractivity contribution in [1.82, 2.24) is 9.80 Å². The second kappa shape index (κ2) is 9.45. The summed E-state index contributed by atoms with van der Waals surface area (Å²) in [5, 5.41) is 0. The minimum atomic E-state index is 0.277. The van der Waals surface area contributed by atoms with E-state index < -0.39 is 0 Å². The topological polar surface area (TPSA) is 32.8 Å². The number of amides is 1. The van der Waals surface area contributed by atoms with Gasteiger partial charge in [0.2, 0.25) is 5.91 Å². The Balaban J connectivity index is 1.37. The zero-order valence-corrected chi connectivity index (χ0v) is 17.4. The van der Waals surface area contributed by atoms with Gasteiger partial charge in [0.25, 0.3) is 0 Å². The van der Waals surface area contributed by atoms with Crippen LogP contribution in [0.15, 0.2) is 54.6 Å². The van der Waals surface area contributed by atoms with Crippen LogP contribution >= 0.6 is 0 Å². The Morgan fingerprint density at radius 3 is 2.55 bits per heavy atom. The molecule has 2 heterocycles. The summed E-state index contributed by atoms with van der Waals surface area (Å²) in [5.41, 5.74) is 2.46. The number of methoxy groups -OCH3 is 1. The molecule has 0 aromatic heterocycles. The fourth-order valence-corrected chi connectivity index (χ4v) is 4.87. The van der Waals surface area contributed by atoms with E-state index in [9.17, 15) is 4.79 Å². The van der Waals surface area contributed by atoms with Gasteiger partial charge in [-0.15, -0.1) is 0 Å². The molecule has 2 saturated heterocycles. The van der Waals surface area contributed by atoms with E-state index in [1.165, 1.54) is 24.8 Å². The number of rotatable bonds is 6. The predicted octanol–water partition coefficient (Wildman–Crippen LogP) is 3.79. The minimum Gasteiger partial charge on any atom is -0.497 e. The highest BCUT2D eigenvalue weighted by Crippen LogP contribution is 2.30. The van der Waals surface area contributed by atoms with E-state index in [1.54, 1.807) is 7.11 Å². The van der Waals surface area contributed by atoms with Gasteiger partial charge in [0.05, 0.1) is 13.5 Å². The summed E-state index contributed by atoms with van der Waals surface area (Å²) < 4.78 is 5.27. The first-order chi connectivity index (χ1) is 14.2. The maximum absolute atomic E-state index is 12.9. The first-order valence-corrected chi connectivity index (χ1v) is 10.9. The molecule has 154 valence electrons. The third-order valence-electron chi connectivity index (χ3n) is 6.54. The van der Waals surface area contributed by atoms with E-state index in [0.717, 1.165) is 43.9 Å². The molecule has 29 heavy (non-hydrogen) atoms. The first kappa shape index (κ1) is 20.0. The molecular weight excluding hydrogens is 360 g/mol. The quantitative estimate of drug-likeness (QED) is 0.750. The molecule has 0 radical (unpaired) electrons. The summed E-state index contributed by atoms with van der Waals surface area (Å²) in [5.74, 6) is 1.81. The average molecular weight is 393 g/mol. The summed E-state index contributed by atoms with van der Waals surface area (Å²) in [6.45, 7) is 4.03. The molecule has 2 aliphatic rings. The van der Waals surface area contributed by atoms with Crippen LogP contribution < -0.4 is 4.74 Å². The largest absolute Gasteiger partial charge is 0.497 e. The highest BCUT2D eigenvalue weighted by molar-refractivity contribution is 5.79. The summed E-state index contributed by atoms with van der Waals surface area (Å²) in [7, 11) is 1.71. The van der Waals surface area contributed by atoms with Gasteiger partial charge in [0.1, 0.15) is 5.75 Å². The van der Waals surface area contributed by atoms with E-state index in [1.807, 2.05) is 42.5 Å². The van der Waals surface area contributed by atoms with Gasteiger partial charge in [0.15, 0.2) is 0 Å². The van der Waals surface area contributed by atoms with Crippen molar-refractivity contribution < 1.29 is 9.53 Å². The molecule has 2 atom stereocenters. The Morgan fingerprint density at radius 2 is 1.79 bits per heavy atom. The van der Waals surface area contributed by atoms with Crippen molar-refractivity contribution in [1.29, 1.82) is 0 Å².